The monoisotopic (exact) mass is 402 g/mol. The highest BCUT2D eigenvalue weighted by Crippen LogP contribution is 2.32. The molecular formula is C21H26N2O4S. The molecule has 2 unspecified atom stereocenters. The molecule has 0 aliphatic heterocycles. The largest absolute Gasteiger partial charge is 0.497 e. The molecule has 2 amide bonds. The van der Waals surface area contributed by atoms with Gasteiger partial charge in [0, 0.05) is 4.88 Å². The van der Waals surface area contributed by atoms with E-state index in [0.717, 1.165) is 30.6 Å². The number of fused-ring (bicyclic) bond motifs is 1. The topological polar surface area (TPSA) is 76.7 Å². The van der Waals surface area contributed by atoms with Crippen LogP contribution in [0.4, 0.5) is 0 Å². The van der Waals surface area contributed by atoms with Crippen molar-refractivity contribution >= 4 is 23.2 Å². The number of ether oxygens (including phenoxy) is 2. The molecule has 1 aromatic carbocycles. The van der Waals surface area contributed by atoms with E-state index in [1.54, 1.807) is 14.0 Å². The Morgan fingerprint density at radius 2 is 2.11 bits per heavy atom. The summed E-state index contributed by atoms with van der Waals surface area (Å²) in [6.45, 7) is 4.15. The zero-order valence-electron chi connectivity index (χ0n) is 16.4. The quantitative estimate of drug-likeness (QED) is 0.727. The van der Waals surface area contributed by atoms with Crippen LogP contribution in [-0.4, -0.2) is 25.0 Å². The number of amides is 2. The number of aryl methyl sites for hydroxylation is 1. The van der Waals surface area contributed by atoms with Gasteiger partial charge in [-0.15, -0.1) is 11.3 Å². The zero-order valence-corrected chi connectivity index (χ0v) is 17.2. The Morgan fingerprint density at radius 1 is 1.29 bits per heavy atom. The highest BCUT2D eigenvalue weighted by molar-refractivity contribution is 7.14. The molecule has 7 heteroatoms. The van der Waals surface area contributed by atoms with Gasteiger partial charge in [-0.1, -0.05) is 19.1 Å². The predicted molar refractivity (Wildman–Crippen MR) is 108 cm³/mol. The normalized spacial score (nSPS) is 16.8. The first kappa shape index (κ1) is 20.4. The molecule has 0 spiro atoms. The second-order valence-corrected chi connectivity index (χ2v) is 8.29. The molecule has 1 heterocycles. The number of hydrogen-bond acceptors (Lipinski definition) is 5. The second kappa shape index (κ2) is 9.21. The smallest absolute Gasteiger partial charge is 0.279 e. The minimum absolute atomic E-state index is 0.273. The molecule has 0 fully saturated rings. The van der Waals surface area contributed by atoms with Crippen LogP contribution in [0.5, 0.6) is 5.75 Å². The van der Waals surface area contributed by atoms with E-state index in [-0.39, 0.29) is 12.5 Å². The molecule has 1 aromatic heterocycles. The van der Waals surface area contributed by atoms with Gasteiger partial charge in [0.25, 0.3) is 11.8 Å². The molecule has 6 nitrogen and oxygen atoms in total. The van der Waals surface area contributed by atoms with E-state index in [4.69, 9.17) is 9.47 Å². The first-order valence-corrected chi connectivity index (χ1v) is 10.2. The number of benzene rings is 1. The van der Waals surface area contributed by atoms with Crippen LogP contribution in [0.2, 0.25) is 0 Å². The fourth-order valence-corrected chi connectivity index (χ4v) is 4.26. The Bertz CT molecular complexity index is 849. The van der Waals surface area contributed by atoms with Gasteiger partial charge in [0.05, 0.1) is 18.6 Å². The molecule has 1 aliphatic carbocycles. The Labute approximate surface area is 169 Å². The Morgan fingerprint density at radius 3 is 2.89 bits per heavy atom. The van der Waals surface area contributed by atoms with E-state index in [1.807, 2.05) is 30.3 Å². The van der Waals surface area contributed by atoms with Crippen molar-refractivity contribution in [3.05, 3.63) is 51.2 Å². The lowest BCUT2D eigenvalue weighted by Crippen LogP contribution is -2.46. The number of hydrogen-bond donors (Lipinski definition) is 2. The van der Waals surface area contributed by atoms with Gasteiger partial charge in [-0.3, -0.25) is 20.4 Å². The van der Waals surface area contributed by atoms with Crippen molar-refractivity contribution < 1.29 is 19.1 Å². The van der Waals surface area contributed by atoms with Crippen LogP contribution < -0.4 is 15.6 Å². The molecule has 0 bridgehead atoms. The second-order valence-electron chi connectivity index (χ2n) is 7.16. The van der Waals surface area contributed by atoms with Crippen molar-refractivity contribution in [3.8, 4) is 5.75 Å². The minimum atomic E-state index is -0.705. The van der Waals surface area contributed by atoms with E-state index in [9.17, 15) is 9.59 Å². The fraction of sp³-hybridized carbons (Fsp3) is 0.429. The van der Waals surface area contributed by atoms with Gasteiger partial charge < -0.3 is 9.47 Å². The summed E-state index contributed by atoms with van der Waals surface area (Å²) < 4.78 is 10.8. The summed E-state index contributed by atoms with van der Waals surface area (Å²) in [4.78, 5) is 26.5. The van der Waals surface area contributed by atoms with Crippen molar-refractivity contribution in [2.45, 2.75) is 45.8 Å². The number of methoxy groups -OCH3 is 1. The highest BCUT2D eigenvalue weighted by atomic mass is 32.1. The summed E-state index contributed by atoms with van der Waals surface area (Å²) >= 11 is 1.51. The first-order valence-electron chi connectivity index (χ1n) is 9.42. The van der Waals surface area contributed by atoms with E-state index in [1.165, 1.54) is 21.8 Å². The maximum Gasteiger partial charge on any atom is 0.279 e. The number of carbonyl (C=O) groups is 2. The lowest BCUT2D eigenvalue weighted by molar-refractivity contribution is -0.133. The van der Waals surface area contributed by atoms with Crippen LogP contribution in [0.1, 0.15) is 45.9 Å². The Hall–Kier alpha value is -2.38. The van der Waals surface area contributed by atoms with Gasteiger partial charge in [0.2, 0.25) is 0 Å². The third-order valence-electron chi connectivity index (χ3n) is 4.86. The lowest BCUT2D eigenvalue weighted by Gasteiger charge is -2.16. The molecule has 0 saturated carbocycles. The summed E-state index contributed by atoms with van der Waals surface area (Å²) in [7, 11) is 1.60. The van der Waals surface area contributed by atoms with Crippen molar-refractivity contribution in [3.63, 3.8) is 0 Å². The average molecular weight is 403 g/mol. The zero-order chi connectivity index (χ0) is 20.1. The van der Waals surface area contributed by atoms with Crippen LogP contribution >= 0.6 is 11.3 Å². The van der Waals surface area contributed by atoms with Crippen LogP contribution in [0, 0.1) is 5.92 Å². The summed E-state index contributed by atoms with van der Waals surface area (Å²) in [6.07, 6.45) is 2.49. The van der Waals surface area contributed by atoms with E-state index < -0.39 is 12.0 Å². The third kappa shape index (κ3) is 5.11. The minimum Gasteiger partial charge on any atom is -0.497 e. The Balaban J connectivity index is 1.47. The van der Waals surface area contributed by atoms with Gasteiger partial charge in [0.15, 0.2) is 0 Å². The molecule has 2 aromatic rings. The predicted octanol–water partition coefficient (Wildman–Crippen LogP) is 3.25. The molecule has 3 rings (SSSR count). The number of rotatable bonds is 6. The fourth-order valence-electron chi connectivity index (χ4n) is 3.16. The van der Waals surface area contributed by atoms with Crippen molar-refractivity contribution in [1.82, 2.24) is 10.9 Å². The summed E-state index contributed by atoms with van der Waals surface area (Å²) in [5.74, 6) is 0.699. The first-order chi connectivity index (χ1) is 13.5. The van der Waals surface area contributed by atoms with E-state index in [2.05, 4.69) is 17.8 Å². The van der Waals surface area contributed by atoms with Crippen molar-refractivity contribution in [1.29, 1.82) is 0 Å². The SMILES string of the molecule is COc1cccc(COC(C)C(=O)NNC(=O)c2cc3c(s2)CCC(C)C3)c1. The molecule has 1 aliphatic rings. The van der Waals surface area contributed by atoms with Crippen LogP contribution in [0.15, 0.2) is 30.3 Å². The molecule has 2 atom stereocenters. The number of nitrogens with one attached hydrogen (secondary N) is 2. The molecule has 0 saturated heterocycles. The molecule has 28 heavy (non-hydrogen) atoms. The molecular weight excluding hydrogens is 376 g/mol. The summed E-state index contributed by atoms with van der Waals surface area (Å²) in [6, 6.07) is 9.40. The van der Waals surface area contributed by atoms with Gasteiger partial charge in [-0.05, 0) is 61.4 Å². The van der Waals surface area contributed by atoms with Crippen LogP contribution in [-0.2, 0) is 29.0 Å². The lowest BCUT2D eigenvalue weighted by atomic mass is 9.90. The number of hydrazine groups is 1. The standard InChI is InChI=1S/C21H26N2O4S/c1-13-7-8-18-16(9-13)11-19(28-18)21(25)23-22-20(24)14(2)27-12-15-5-4-6-17(10-15)26-3/h4-6,10-11,13-14H,7-9,12H2,1-3H3,(H,22,24)(H,23,25). The summed E-state index contributed by atoms with van der Waals surface area (Å²) in [5, 5.41) is 0. The highest BCUT2D eigenvalue weighted by Gasteiger charge is 2.21. The number of carbonyl (C=O) groups excluding carboxylic acids is 2. The van der Waals surface area contributed by atoms with Crippen LogP contribution in [0.25, 0.3) is 0 Å². The molecule has 0 radical (unpaired) electrons. The van der Waals surface area contributed by atoms with Gasteiger partial charge in [-0.25, -0.2) is 0 Å². The average Bonchev–Trinajstić information content (AvgIpc) is 3.13. The maximum atomic E-state index is 12.4. The number of thiophene rings is 1. The van der Waals surface area contributed by atoms with Gasteiger partial charge in [-0.2, -0.15) is 0 Å². The third-order valence-corrected chi connectivity index (χ3v) is 6.09. The molecule has 150 valence electrons. The van der Waals surface area contributed by atoms with Crippen molar-refractivity contribution in [2.24, 2.45) is 5.92 Å². The Kier molecular flexibility index (Phi) is 6.70. The molecule has 2 N–H and O–H groups in total. The maximum absolute atomic E-state index is 12.4. The van der Waals surface area contributed by atoms with Crippen LogP contribution in [0.3, 0.4) is 0 Å². The van der Waals surface area contributed by atoms with Gasteiger partial charge >= 0.3 is 0 Å². The van der Waals surface area contributed by atoms with Gasteiger partial charge in [0.1, 0.15) is 11.9 Å². The summed E-state index contributed by atoms with van der Waals surface area (Å²) in [5.41, 5.74) is 7.10. The van der Waals surface area contributed by atoms with Crippen molar-refractivity contribution in [2.75, 3.05) is 7.11 Å². The van der Waals surface area contributed by atoms with E-state index >= 15 is 0 Å². The van der Waals surface area contributed by atoms with E-state index in [0.29, 0.717) is 10.8 Å².